The summed E-state index contributed by atoms with van der Waals surface area (Å²) in [4.78, 5) is 15.2. The Kier molecular flexibility index (Phi) is 5.01. The average molecular weight is 385 g/mol. The van der Waals surface area contributed by atoms with Crippen LogP contribution in [0.2, 0.25) is 0 Å². The first-order valence-electron chi connectivity index (χ1n) is 7.52. The topological polar surface area (TPSA) is 54.1 Å². The lowest BCUT2D eigenvalue weighted by Gasteiger charge is -2.12. The van der Waals surface area contributed by atoms with E-state index in [-0.39, 0.29) is 5.91 Å². The Hall–Kier alpha value is -2.53. The number of halogens is 1. The number of anilines is 1. The molecule has 4 nitrogen and oxygen atoms in total. The minimum atomic E-state index is -0.184. The molecule has 2 aromatic carbocycles. The molecule has 3 rings (SSSR count). The Morgan fingerprint density at radius 1 is 1.17 bits per heavy atom. The summed E-state index contributed by atoms with van der Waals surface area (Å²) in [6.07, 6.45) is 2.46. The normalized spacial score (nSPS) is 10.4. The third-order valence-electron chi connectivity index (χ3n) is 3.67. The highest BCUT2D eigenvalue weighted by molar-refractivity contribution is 9.10. The van der Waals surface area contributed by atoms with Crippen molar-refractivity contribution in [3.63, 3.8) is 0 Å². The quantitative estimate of drug-likeness (QED) is 0.673. The van der Waals surface area contributed by atoms with Gasteiger partial charge in [-0.25, -0.2) is 0 Å². The van der Waals surface area contributed by atoms with Crippen LogP contribution in [-0.4, -0.2) is 18.0 Å². The predicted octanol–water partition coefficient (Wildman–Crippen LogP) is 4.63. The van der Waals surface area contributed by atoms with Gasteiger partial charge in [0.2, 0.25) is 0 Å². The molecule has 0 fully saturated rings. The molecule has 1 amide bonds. The number of carbonyl (C=O) groups excluding carboxylic acids is 1. The van der Waals surface area contributed by atoms with E-state index in [4.69, 9.17) is 4.74 Å². The van der Waals surface area contributed by atoms with Crippen LogP contribution in [0.1, 0.15) is 21.6 Å². The van der Waals surface area contributed by atoms with Crippen LogP contribution in [0.15, 0.2) is 65.3 Å². The van der Waals surface area contributed by atoms with E-state index in [0.29, 0.717) is 5.69 Å². The zero-order valence-electron chi connectivity index (χ0n) is 13.2. The largest absolute Gasteiger partial charge is 0.496 e. The maximum Gasteiger partial charge on any atom is 0.272 e. The number of nitrogens with one attached hydrogen (secondary N) is 2. The minimum Gasteiger partial charge on any atom is -0.496 e. The van der Waals surface area contributed by atoms with Gasteiger partial charge in [0.25, 0.3) is 5.91 Å². The monoisotopic (exact) mass is 384 g/mol. The van der Waals surface area contributed by atoms with E-state index < -0.39 is 0 Å². The molecule has 0 bridgehead atoms. The Labute approximate surface area is 149 Å². The van der Waals surface area contributed by atoms with Crippen molar-refractivity contribution in [1.82, 2.24) is 4.98 Å². The van der Waals surface area contributed by atoms with Crippen LogP contribution in [0.4, 0.5) is 5.69 Å². The molecule has 24 heavy (non-hydrogen) atoms. The number of H-pyrrole nitrogens is 1. The van der Waals surface area contributed by atoms with Crippen LogP contribution in [0, 0.1) is 0 Å². The van der Waals surface area contributed by atoms with Gasteiger partial charge in [-0.15, -0.1) is 0 Å². The van der Waals surface area contributed by atoms with E-state index in [1.165, 1.54) is 5.56 Å². The number of carbonyl (C=O) groups is 1. The Morgan fingerprint density at radius 3 is 2.62 bits per heavy atom. The molecule has 0 aliphatic heterocycles. The Morgan fingerprint density at radius 2 is 1.96 bits per heavy atom. The Balaban J connectivity index is 1.82. The number of rotatable bonds is 5. The van der Waals surface area contributed by atoms with E-state index in [1.807, 2.05) is 36.4 Å². The molecule has 0 aliphatic carbocycles. The molecule has 0 atom stereocenters. The van der Waals surface area contributed by atoms with Gasteiger partial charge < -0.3 is 15.0 Å². The molecular weight excluding hydrogens is 368 g/mol. The van der Waals surface area contributed by atoms with E-state index in [9.17, 15) is 4.79 Å². The van der Waals surface area contributed by atoms with E-state index in [1.54, 1.807) is 19.4 Å². The maximum absolute atomic E-state index is 12.3. The van der Waals surface area contributed by atoms with Crippen molar-refractivity contribution in [2.24, 2.45) is 0 Å². The molecule has 0 saturated carbocycles. The van der Waals surface area contributed by atoms with Gasteiger partial charge in [-0.05, 0) is 45.8 Å². The summed E-state index contributed by atoms with van der Waals surface area (Å²) in [5, 5.41) is 2.90. The number of hydrogen-bond acceptors (Lipinski definition) is 2. The number of ether oxygens (including phenoxy) is 1. The van der Waals surface area contributed by atoms with Gasteiger partial charge in [0, 0.05) is 28.3 Å². The standard InChI is InChI=1S/C19H17BrN2O2/c1-24-18-8-7-16(22-19(23)17-11-15(20)12-21-17)10-14(18)9-13-5-3-2-4-6-13/h2-8,10-12,21H,9H2,1H3,(H,22,23). The fourth-order valence-electron chi connectivity index (χ4n) is 2.51. The van der Waals surface area contributed by atoms with Crippen molar-refractivity contribution in [3.8, 4) is 5.75 Å². The first-order valence-corrected chi connectivity index (χ1v) is 8.31. The molecule has 1 heterocycles. The van der Waals surface area contributed by atoms with Gasteiger partial charge in [-0.2, -0.15) is 0 Å². The van der Waals surface area contributed by atoms with E-state index in [2.05, 4.69) is 38.4 Å². The fourth-order valence-corrected chi connectivity index (χ4v) is 2.85. The van der Waals surface area contributed by atoms with Crippen LogP contribution >= 0.6 is 15.9 Å². The van der Waals surface area contributed by atoms with Crippen molar-refractivity contribution in [2.75, 3.05) is 12.4 Å². The van der Waals surface area contributed by atoms with Crippen LogP contribution < -0.4 is 10.1 Å². The van der Waals surface area contributed by atoms with Gasteiger partial charge in [-0.1, -0.05) is 30.3 Å². The first kappa shape index (κ1) is 16.3. The Bertz CT molecular complexity index is 844. The first-order chi connectivity index (χ1) is 11.7. The third-order valence-corrected chi connectivity index (χ3v) is 4.13. The number of hydrogen-bond donors (Lipinski definition) is 2. The number of aromatic amines is 1. The second kappa shape index (κ2) is 7.36. The lowest BCUT2D eigenvalue weighted by atomic mass is 10.0. The summed E-state index contributed by atoms with van der Waals surface area (Å²) in [5.74, 6) is 0.621. The number of aromatic nitrogens is 1. The molecule has 3 aromatic rings. The van der Waals surface area contributed by atoms with Gasteiger partial charge in [0.1, 0.15) is 11.4 Å². The van der Waals surface area contributed by atoms with E-state index in [0.717, 1.165) is 27.9 Å². The molecule has 0 radical (unpaired) electrons. The second-order valence-electron chi connectivity index (χ2n) is 5.37. The summed E-state index contributed by atoms with van der Waals surface area (Å²) in [6, 6.07) is 17.6. The highest BCUT2D eigenvalue weighted by Gasteiger charge is 2.11. The summed E-state index contributed by atoms with van der Waals surface area (Å²) in [6.45, 7) is 0. The smallest absolute Gasteiger partial charge is 0.272 e. The summed E-state index contributed by atoms with van der Waals surface area (Å²) < 4.78 is 6.28. The molecule has 0 unspecified atom stereocenters. The van der Waals surface area contributed by atoms with Crippen LogP contribution in [-0.2, 0) is 6.42 Å². The average Bonchev–Trinajstić information content (AvgIpc) is 3.03. The highest BCUT2D eigenvalue weighted by atomic mass is 79.9. The van der Waals surface area contributed by atoms with Gasteiger partial charge in [0.05, 0.1) is 7.11 Å². The van der Waals surface area contributed by atoms with Crippen LogP contribution in [0.5, 0.6) is 5.75 Å². The molecule has 0 saturated heterocycles. The number of benzene rings is 2. The maximum atomic E-state index is 12.3. The molecular formula is C19H17BrN2O2. The molecule has 122 valence electrons. The number of amides is 1. The van der Waals surface area contributed by atoms with Crippen molar-refractivity contribution in [3.05, 3.63) is 82.1 Å². The fraction of sp³-hybridized carbons (Fsp3) is 0.105. The summed E-state index contributed by atoms with van der Waals surface area (Å²) in [5.41, 5.74) is 3.45. The summed E-state index contributed by atoms with van der Waals surface area (Å²) in [7, 11) is 1.65. The second-order valence-corrected chi connectivity index (χ2v) is 6.29. The van der Waals surface area contributed by atoms with Crippen molar-refractivity contribution >= 4 is 27.5 Å². The lowest BCUT2D eigenvalue weighted by molar-refractivity contribution is 0.102. The summed E-state index contributed by atoms with van der Waals surface area (Å²) >= 11 is 3.33. The molecule has 5 heteroatoms. The SMILES string of the molecule is COc1ccc(NC(=O)c2cc(Br)c[nH]2)cc1Cc1ccccc1. The van der Waals surface area contributed by atoms with Crippen LogP contribution in [0.25, 0.3) is 0 Å². The van der Waals surface area contributed by atoms with Crippen molar-refractivity contribution in [2.45, 2.75) is 6.42 Å². The third kappa shape index (κ3) is 3.86. The van der Waals surface area contributed by atoms with Gasteiger partial charge >= 0.3 is 0 Å². The van der Waals surface area contributed by atoms with Gasteiger partial charge in [-0.3, -0.25) is 4.79 Å². The molecule has 0 aliphatic rings. The molecule has 1 aromatic heterocycles. The predicted molar refractivity (Wildman–Crippen MR) is 98.7 cm³/mol. The highest BCUT2D eigenvalue weighted by Crippen LogP contribution is 2.25. The zero-order valence-corrected chi connectivity index (χ0v) is 14.8. The lowest BCUT2D eigenvalue weighted by Crippen LogP contribution is -2.12. The number of methoxy groups -OCH3 is 1. The zero-order chi connectivity index (χ0) is 16.9. The molecule has 0 spiro atoms. The van der Waals surface area contributed by atoms with Crippen molar-refractivity contribution < 1.29 is 9.53 Å². The van der Waals surface area contributed by atoms with Crippen molar-refractivity contribution in [1.29, 1.82) is 0 Å². The van der Waals surface area contributed by atoms with E-state index >= 15 is 0 Å². The molecule has 2 N–H and O–H groups in total. The van der Waals surface area contributed by atoms with Gasteiger partial charge in [0.15, 0.2) is 0 Å². The van der Waals surface area contributed by atoms with Crippen LogP contribution in [0.3, 0.4) is 0 Å². The minimum absolute atomic E-state index is 0.184.